The van der Waals surface area contributed by atoms with E-state index in [1.54, 1.807) is 12.1 Å². The molecule has 2 aliphatic heterocycles. The normalized spacial score (nSPS) is 19.9. The van der Waals surface area contributed by atoms with Crippen LogP contribution in [0.1, 0.15) is 18.9 Å². The molecule has 2 aromatic rings. The number of rotatable bonds is 9. The number of ether oxygens (including phenoxy) is 2. The third kappa shape index (κ3) is 4.84. The first-order chi connectivity index (χ1) is 17.5. The highest BCUT2D eigenvalue weighted by atomic mass is 28.4. The topological polar surface area (TPSA) is 117 Å². The number of carbonyl (C=O) groups excluding carboxylic acids is 3. The number of benzene rings is 1. The van der Waals surface area contributed by atoms with Gasteiger partial charge in [0.1, 0.15) is 24.4 Å². The van der Waals surface area contributed by atoms with Crippen LogP contribution in [0.2, 0.25) is 19.6 Å². The van der Waals surface area contributed by atoms with Gasteiger partial charge < -0.3 is 23.2 Å². The first-order valence-corrected chi connectivity index (χ1v) is 15.4. The van der Waals surface area contributed by atoms with E-state index < -0.39 is 32.1 Å². The van der Waals surface area contributed by atoms with Gasteiger partial charge in [-0.1, -0.05) is 31.4 Å². The van der Waals surface area contributed by atoms with E-state index in [4.69, 9.17) is 18.3 Å². The van der Waals surface area contributed by atoms with Crippen LogP contribution in [0, 0.1) is 5.92 Å². The summed E-state index contributed by atoms with van der Waals surface area (Å²) in [6.45, 7) is 15.0. The molecule has 3 heterocycles. The van der Waals surface area contributed by atoms with Crippen molar-refractivity contribution in [2.45, 2.75) is 45.1 Å². The molecule has 10 nitrogen and oxygen atoms in total. The fourth-order valence-corrected chi connectivity index (χ4v) is 6.17. The maximum Gasteiger partial charge on any atom is 0.429 e. The van der Waals surface area contributed by atoms with E-state index >= 15 is 0 Å². The van der Waals surface area contributed by atoms with E-state index in [9.17, 15) is 19.2 Å². The summed E-state index contributed by atoms with van der Waals surface area (Å²) in [4.78, 5) is 52.4. The zero-order chi connectivity index (χ0) is 27.1. The van der Waals surface area contributed by atoms with Crippen molar-refractivity contribution in [1.29, 1.82) is 0 Å². The van der Waals surface area contributed by atoms with Crippen LogP contribution < -0.4 is 5.76 Å². The number of nitrogens with zero attached hydrogens (tertiary/aromatic N) is 2. The second-order valence-corrected chi connectivity index (χ2v) is 14.4. The summed E-state index contributed by atoms with van der Waals surface area (Å²) in [5.41, 5.74) is 1.66. The van der Waals surface area contributed by atoms with Gasteiger partial charge >= 0.3 is 17.8 Å². The molecule has 196 valence electrons. The fourth-order valence-electron chi connectivity index (χ4n) is 4.91. The molecule has 1 aromatic carbocycles. The highest BCUT2D eigenvalue weighted by Gasteiger charge is 2.57. The van der Waals surface area contributed by atoms with Gasteiger partial charge in [0.15, 0.2) is 13.9 Å². The third-order valence-electron chi connectivity index (χ3n) is 6.22. The molecule has 11 heteroatoms. The number of amides is 1. The Morgan fingerprint density at radius 2 is 1.84 bits per heavy atom. The van der Waals surface area contributed by atoms with Crippen molar-refractivity contribution in [2.75, 3.05) is 13.2 Å². The molecule has 0 N–H and O–H groups in total. The number of β-lactam (4-membered cyclic amide) rings is 1. The van der Waals surface area contributed by atoms with Gasteiger partial charge in [0, 0.05) is 0 Å². The van der Waals surface area contributed by atoms with Gasteiger partial charge in [-0.15, -0.1) is 0 Å². The molecule has 2 aliphatic rings. The summed E-state index contributed by atoms with van der Waals surface area (Å²) in [7, 11) is -1.90. The summed E-state index contributed by atoms with van der Waals surface area (Å²) in [6, 6.07) is 4.51. The first kappa shape index (κ1) is 26.4. The monoisotopic (exact) mass is 526 g/mol. The Morgan fingerprint density at radius 1 is 1.16 bits per heavy atom. The van der Waals surface area contributed by atoms with Gasteiger partial charge in [-0.3, -0.25) is 4.79 Å². The van der Waals surface area contributed by atoms with Gasteiger partial charge in [0.2, 0.25) is 5.91 Å². The smallest absolute Gasteiger partial charge is 0.429 e. The molecule has 1 fully saturated rings. The lowest BCUT2D eigenvalue weighted by molar-refractivity contribution is -0.161. The van der Waals surface area contributed by atoms with Gasteiger partial charge in [0.25, 0.3) is 0 Å². The minimum absolute atomic E-state index is 0.00947. The standard InChI is InChI=1S/C26H30N2O8Si/c1-7-11-33-24(30)22-17(14-19-21(23(29)27(19)22)15(3)36-37(4,5)6)16-9-10-18-20(13-16)35-26(32)28(18)25(31)34-12-8-2/h7-10,13,15,19,21H,1-2,11-12,14H2,3-6H3/t15-,19-,21-/m1/s1. The van der Waals surface area contributed by atoms with Crippen molar-refractivity contribution in [3.05, 3.63) is 65.3 Å². The van der Waals surface area contributed by atoms with Crippen LogP contribution >= 0.6 is 0 Å². The summed E-state index contributed by atoms with van der Waals surface area (Å²) in [6.07, 6.45) is 2.03. The minimum atomic E-state index is -1.90. The largest absolute Gasteiger partial charge is 0.457 e. The number of hydrogen-bond donors (Lipinski definition) is 0. The van der Waals surface area contributed by atoms with Crippen molar-refractivity contribution in [3.8, 4) is 0 Å². The van der Waals surface area contributed by atoms with E-state index in [-0.39, 0.29) is 48.1 Å². The average Bonchev–Trinajstić information content (AvgIpc) is 3.33. The molecule has 3 atom stereocenters. The van der Waals surface area contributed by atoms with Crippen LogP contribution in [0.5, 0.6) is 0 Å². The molecular weight excluding hydrogens is 496 g/mol. The van der Waals surface area contributed by atoms with Gasteiger partial charge in [-0.05, 0) is 56.3 Å². The maximum absolute atomic E-state index is 13.2. The van der Waals surface area contributed by atoms with Crippen LogP contribution in [0.15, 0.2) is 58.4 Å². The molecular formula is C26H30N2O8Si. The number of esters is 1. The summed E-state index contributed by atoms with van der Waals surface area (Å²) in [5.74, 6) is -2.13. The quantitative estimate of drug-likeness (QED) is 0.210. The number of fused-ring (bicyclic) bond motifs is 2. The molecule has 37 heavy (non-hydrogen) atoms. The Morgan fingerprint density at radius 3 is 2.49 bits per heavy atom. The Bertz CT molecular complexity index is 1380. The molecule has 0 aliphatic carbocycles. The van der Waals surface area contributed by atoms with Crippen LogP contribution in [-0.2, 0) is 23.5 Å². The highest BCUT2D eigenvalue weighted by Crippen LogP contribution is 2.48. The number of carbonyl (C=O) groups is 3. The van der Waals surface area contributed by atoms with Crippen molar-refractivity contribution in [1.82, 2.24) is 9.47 Å². The molecule has 1 aromatic heterocycles. The third-order valence-corrected chi connectivity index (χ3v) is 7.29. The van der Waals surface area contributed by atoms with Gasteiger partial charge in [-0.2, -0.15) is 4.57 Å². The molecule has 0 saturated carbocycles. The molecule has 4 rings (SSSR count). The predicted octanol–water partition coefficient (Wildman–Crippen LogP) is 3.68. The second kappa shape index (κ2) is 9.98. The molecule has 1 saturated heterocycles. The average molecular weight is 527 g/mol. The van der Waals surface area contributed by atoms with Crippen molar-refractivity contribution >= 4 is 43.0 Å². The molecule has 0 bridgehead atoms. The van der Waals surface area contributed by atoms with E-state index in [0.717, 1.165) is 4.57 Å². The van der Waals surface area contributed by atoms with Crippen LogP contribution in [0.3, 0.4) is 0 Å². The lowest BCUT2D eigenvalue weighted by Gasteiger charge is -2.47. The predicted molar refractivity (Wildman–Crippen MR) is 138 cm³/mol. The SMILES string of the molecule is C=CCOC(=O)C1=C(c2ccc3c(c2)oc(=O)n3C(=O)OCC=C)C[C@@H]2[C@@H]([C@@H](C)O[Si](C)(C)C)C(=O)N12. The van der Waals surface area contributed by atoms with Crippen molar-refractivity contribution in [2.24, 2.45) is 5.92 Å². The van der Waals surface area contributed by atoms with Crippen molar-refractivity contribution < 1.29 is 32.7 Å². The number of aromatic nitrogens is 1. The highest BCUT2D eigenvalue weighted by molar-refractivity contribution is 6.69. The summed E-state index contributed by atoms with van der Waals surface area (Å²) in [5, 5.41) is 0. The van der Waals surface area contributed by atoms with E-state index in [0.29, 0.717) is 17.6 Å². The minimum Gasteiger partial charge on any atom is -0.457 e. The van der Waals surface area contributed by atoms with Gasteiger partial charge in [0.05, 0.1) is 18.1 Å². The zero-order valence-electron chi connectivity index (χ0n) is 21.3. The van der Waals surface area contributed by atoms with E-state index in [1.807, 2.05) is 6.92 Å². The molecule has 0 radical (unpaired) electrons. The van der Waals surface area contributed by atoms with Gasteiger partial charge in [-0.25, -0.2) is 14.4 Å². The Balaban J connectivity index is 1.72. The van der Waals surface area contributed by atoms with Crippen LogP contribution in [0.25, 0.3) is 16.7 Å². The molecule has 0 unspecified atom stereocenters. The van der Waals surface area contributed by atoms with E-state index in [2.05, 4.69) is 32.8 Å². The Kier molecular flexibility index (Phi) is 7.11. The van der Waals surface area contributed by atoms with Crippen LogP contribution in [0.4, 0.5) is 4.79 Å². The number of oxazole rings is 1. The number of hydrogen-bond acceptors (Lipinski definition) is 8. The van der Waals surface area contributed by atoms with Crippen LogP contribution in [-0.4, -0.2) is 61.1 Å². The van der Waals surface area contributed by atoms with E-state index in [1.165, 1.54) is 23.1 Å². The van der Waals surface area contributed by atoms with Crippen molar-refractivity contribution in [3.63, 3.8) is 0 Å². The Hall–Kier alpha value is -3.70. The maximum atomic E-state index is 13.2. The second-order valence-electron chi connectivity index (χ2n) is 9.91. The summed E-state index contributed by atoms with van der Waals surface area (Å²) >= 11 is 0. The lowest BCUT2D eigenvalue weighted by Crippen LogP contribution is -2.63. The molecule has 0 spiro atoms. The first-order valence-electron chi connectivity index (χ1n) is 11.9. The summed E-state index contributed by atoms with van der Waals surface area (Å²) < 4.78 is 22.5. The Labute approximate surface area is 214 Å². The lowest BCUT2D eigenvalue weighted by atomic mass is 9.82. The molecule has 1 amide bonds. The fraction of sp³-hybridized carbons (Fsp3) is 0.385. The zero-order valence-corrected chi connectivity index (χ0v) is 22.3.